The smallest absolute Gasteiger partial charge is 0.352 e. The predicted molar refractivity (Wildman–Crippen MR) is 165 cm³/mol. The molecule has 0 saturated carbocycles. The lowest BCUT2D eigenvalue weighted by Crippen LogP contribution is -2.14. The number of carboxylic acid groups (broad SMARTS) is 1. The van der Waals surface area contributed by atoms with E-state index in [2.05, 4.69) is 29.2 Å². The summed E-state index contributed by atoms with van der Waals surface area (Å²) in [6.07, 6.45) is 2.97. The van der Waals surface area contributed by atoms with Crippen LogP contribution in [0.15, 0.2) is 79.0 Å². The second-order valence-corrected chi connectivity index (χ2v) is 11.0. The molecule has 6 aromatic rings. The number of benzene rings is 3. The summed E-state index contributed by atoms with van der Waals surface area (Å²) >= 11 is 0. The molecule has 0 radical (unpaired) electrons. The Kier molecular flexibility index (Phi) is 6.91. The van der Waals surface area contributed by atoms with E-state index in [4.69, 9.17) is 14.6 Å². The fourth-order valence-electron chi connectivity index (χ4n) is 6.38. The average Bonchev–Trinajstić information content (AvgIpc) is 3.47. The molecule has 3 aromatic heterocycles. The van der Waals surface area contributed by atoms with Gasteiger partial charge >= 0.3 is 5.97 Å². The van der Waals surface area contributed by atoms with Crippen molar-refractivity contribution in [1.82, 2.24) is 19.3 Å². The van der Waals surface area contributed by atoms with Gasteiger partial charge in [-0.15, -0.1) is 0 Å². The average molecular weight is 573 g/mol. The topological polar surface area (TPSA) is 91.4 Å². The third kappa shape index (κ3) is 4.73. The standard InChI is InChI=1S/C35H32N4O4/c1-22-32-28-14-6-13-26-27(15-8-18-43-31-16-5-10-23-9-3-4-12-25(23)31)34(35(40)41)39(33(26)28)19-24-11-7-17-36-29(24)20-42-21-30(32)37-38(22)2/h3-7,9-14,16-17H,8,15,18-21H2,1-2H3,(H,40,41). The van der Waals surface area contributed by atoms with Crippen molar-refractivity contribution in [1.29, 1.82) is 0 Å². The summed E-state index contributed by atoms with van der Waals surface area (Å²) in [6, 6.07) is 24.2. The predicted octanol–water partition coefficient (Wildman–Crippen LogP) is 6.69. The number of aryl methyl sites for hydroxylation is 2. The molecule has 0 bridgehead atoms. The molecular formula is C35H32N4O4. The zero-order valence-corrected chi connectivity index (χ0v) is 24.2. The van der Waals surface area contributed by atoms with Crippen molar-refractivity contribution in [2.24, 2.45) is 7.05 Å². The largest absolute Gasteiger partial charge is 0.493 e. The lowest BCUT2D eigenvalue weighted by Gasteiger charge is -2.14. The van der Waals surface area contributed by atoms with Gasteiger partial charge in [-0.05, 0) is 48.4 Å². The highest BCUT2D eigenvalue weighted by Gasteiger charge is 2.28. The van der Waals surface area contributed by atoms with Crippen molar-refractivity contribution < 1.29 is 19.4 Å². The molecule has 43 heavy (non-hydrogen) atoms. The fraction of sp³-hybridized carbons (Fsp3) is 0.229. The first-order valence-corrected chi connectivity index (χ1v) is 14.5. The fourth-order valence-corrected chi connectivity index (χ4v) is 6.38. The first-order chi connectivity index (χ1) is 21.0. The third-order valence-corrected chi connectivity index (χ3v) is 8.43. The van der Waals surface area contributed by atoms with Crippen LogP contribution < -0.4 is 4.74 Å². The normalized spacial score (nSPS) is 13.0. The Morgan fingerprint density at radius 2 is 1.77 bits per heavy atom. The van der Waals surface area contributed by atoms with Crippen molar-refractivity contribution in [2.45, 2.75) is 39.5 Å². The Morgan fingerprint density at radius 3 is 2.65 bits per heavy atom. The number of aromatic carboxylic acids is 1. The van der Waals surface area contributed by atoms with Crippen molar-refractivity contribution in [3.8, 4) is 16.9 Å². The molecule has 1 aliphatic rings. The summed E-state index contributed by atoms with van der Waals surface area (Å²) in [5, 5.41) is 18.6. The zero-order valence-electron chi connectivity index (χ0n) is 24.2. The summed E-state index contributed by atoms with van der Waals surface area (Å²) < 4.78 is 16.2. The van der Waals surface area contributed by atoms with Crippen LogP contribution in [-0.4, -0.2) is 37.0 Å². The highest BCUT2D eigenvalue weighted by molar-refractivity contribution is 6.04. The van der Waals surface area contributed by atoms with Gasteiger partial charge in [0.15, 0.2) is 0 Å². The number of nitrogens with zero attached hydrogens (tertiary/aromatic N) is 4. The molecule has 4 heterocycles. The number of carbonyl (C=O) groups is 1. The van der Waals surface area contributed by atoms with Gasteiger partial charge in [0.1, 0.15) is 11.4 Å². The van der Waals surface area contributed by atoms with E-state index >= 15 is 0 Å². The van der Waals surface area contributed by atoms with Crippen LogP contribution in [0, 0.1) is 6.92 Å². The number of aromatic nitrogens is 4. The van der Waals surface area contributed by atoms with Crippen LogP contribution in [-0.2, 0) is 38.0 Å². The lowest BCUT2D eigenvalue weighted by atomic mass is 9.98. The van der Waals surface area contributed by atoms with Gasteiger partial charge in [-0.2, -0.15) is 5.10 Å². The Hall–Kier alpha value is -4.95. The van der Waals surface area contributed by atoms with Gasteiger partial charge < -0.3 is 19.1 Å². The van der Waals surface area contributed by atoms with E-state index < -0.39 is 5.97 Å². The van der Waals surface area contributed by atoms with Crippen LogP contribution in [0.4, 0.5) is 0 Å². The summed E-state index contributed by atoms with van der Waals surface area (Å²) in [6.45, 7) is 3.51. The van der Waals surface area contributed by atoms with Crippen LogP contribution in [0.25, 0.3) is 32.8 Å². The summed E-state index contributed by atoms with van der Waals surface area (Å²) in [7, 11) is 1.92. The van der Waals surface area contributed by atoms with Crippen molar-refractivity contribution in [3.63, 3.8) is 0 Å². The van der Waals surface area contributed by atoms with Crippen molar-refractivity contribution in [2.75, 3.05) is 6.61 Å². The molecule has 0 aliphatic carbocycles. The van der Waals surface area contributed by atoms with E-state index in [1.165, 1.54) is 0 Å². The van der Waals surface area contributed by atoms with Crippen LogP contribution >= 0.6 is 0 Å². The van der Waals surface area contributed by atoms with Crippen LogP contribution in [0.1, 0.15) is 45.1 Å². The SMILES string of the molecule is Cc1c2c(nn1C)COCc1ncccc1Cn1c(C(=O)O)c(CCCOc3cccc4ccccc34)c3cccc-2c31. The first-order valence-electron chi connectivity index (χ1n) is 14.5. The first kappa shape index (κ1) is 26.9. The minimum absolute atomic E-state index is 0.297. The van der Waals surface area contributed by atoms with Crippen LogP contribution in [0.5, 0.6) is 5.75 Å². The number of pyridine rings is 1. The van der Waals surface area contributed by atoms with E-state index in [1.807, 2.05) is 71.8 Å². The number of hydrogen-bond acceptors (Lipinski definition) is 5. The van der Waals surface area contributed by atoms with Gasteiger partial charge in [-0.3, -0.25) is 9.67 Å². The van der Waals surface area contributed by atoms with E-state index in [-0.39, 0.29) is 0 Å². The minimum atomic E-state index is -0.952. The van der Waals surface area contributed by atoms with Crippen LogP contribution in [0.3, 0.4) is 0 Å². The molecule has 8 nitrogen and oxygen atoms in total. The highest BCUT2D eigenvalue weighted by Crippen LogP contribution is 2.39. The second-order valence-electron chi connectivity index (χ2n) is 11.0. The highest BCUT2D eigenvalue weighted by atomic mass is 16.5. The lowest BCUT2D eigenvalue weighted by molar-refractivity contribution is 0.0684. The molecule has 216 valence electrons. The summed E-state index contributed by atoms with van der Waals surface area (Å²) in [5.41, 5.74) is 7.47. The monoisotopic (exact) mass is 572 g/mol. The molecule has 0 amide bonds. The van der Waals surface area contributed by atoms with Gasteiger partial charge in [0.25, 0.3) is 0 Å². The molecule has 1 aliphatic heterocycles. The van der Waals surface area contributed by atoms with Gasteiger partial charge in [-0.25, -0.2) is 4.79 Å². The molecule has 0 saturated heterocycles. The van der Waals surface area contributed by atoms with Gasteiger partial charge in [0.2, 0.25) is 0 Å². The van der Waals surface area contributed by atoms with Crippen molar-refractivity contribution in [3.05, 3.63) is 113 Å². The van der Waals surface area contributed by atoms with Gasteiger partial charge in [0.05, 0.1) is 43.3 Å². The molecule has 3 aromatic carbocycles. The quantitative estimate of drug-likeness (QED) is 0.224. The molecule has 0 unspecified atom stereocenters. The Bertz CT molecular complexity index is 2000. The molecule has 0 fully saturated rings. The van der Waals surface area contributed by atoms with E-state index in [0.717, 1.165) is 66.8 Å². The Morgan fingerprint density at radius 1 is 0.977 bits per heavy atom. The second kappa shape index (κ2) is 11.0. The maximum Gasteiger partial charge on any atom is 0.352 e. The molecule has 8 heteroatoms. The van der Waals surface area contributed by atoms with E-state index in [1.54, 1.807) is 6.20 Å². The number of hydrogen-bond donors (Lipinski definition) is 1. The van der Waals surface area contributed by atoms with E-state index in [9.17, 15) is 9.90 Å². The summed E-state index contributed by atoms with van der Waals surface area (Å²) in [4.78, 5) is 17.6. The number of rotatable bonds is 6. The maximum atomic E-state index is 13.0. The van der Waals surface area contributed by atoms with Gasteiger partial charge in [-0.1, -0.05) is 60.7 Å². The number of ether oxygens (including phenoxy) is 2. The molecule has 0 spiro atoms. The van der Waals surface area contributed by atoms with Gasteiger partial charge in [0, 0.05) is 40.8 Å². The Balaban J connectivity index is 1.34. The number of fused-ring (bicyclic) bond motifs is 4. The molecule has 0 atom stereocenters. The zero-order chi connectivity index (χ0) is 29.5. The number of para-hydroxylation sites is 1. The van der Waals surface area contributed by atoms with Crippen molar-refractivity contribution >= 4 is 27.6 Å². The summed E-state index contributed by atoms with van der Waals surface area (Å²) in [5.74, 6) is -0.117. The minimum Gasteiger partial charge on any atom is -0.493 e. The molecule has 7 rings (SSSR count). The molecular weight excluding hydrogens is 540 g/mol. The third-order valence-electron chi connectivity index (χ3n) is 8.43. The maximum absolute atomic E-state index is 13.0. The Labute approximate surface area is 249 Å². The number of carboxylic acids is 1. The van der Waals surface area contributed by atoms with E-state index in [0.29, 0.717) is 44.9 Å². The van der Waals surface area contributed by atoms with Crippen LogP contribution in [0.2, 0.25) is 0 Å². The molecule has 1 N–H and O–H groups in total.